The van der Waals surface area contributed by atoms with Gasteiger partial charge in [0.2, 0.25) is 5.75 Å². The Bertz CT molecular complexity index is 4900. The van der Waals surface area contributed by atoms with Crippen molar-refractivity contribution in [3.8, 4) is 62.5 Å². The van der Waals surface area contributed by atoms with Gasteiger partial charge in [-0.2, -0.15) is 0 Å². The van der Waals surface area contributed by atoms with Crippen LogP contribution in [-0.2, 0) is 82.8 Å². The van der Waals surface area contributed by atoms with Gasteiger partial charge < -0.3 is 95.3 Å². The van der Waals surface area contributed by atoms with Crippen LogP contribution >= 0.6 is 15.6 Å². The molecule has 1 N–H and O–H groups in total. The molecule has 0 amide bonds. The zero-order valence-corrected chi connectivity index (χ0v) is 84.3. The monoisotopic (exact) mass is 2070 g/mol. The average Bonchev–Trinajstić information content (AvgIpc) is 0.790. The van der Waals surface area contributed by atoms with Crippen molar-refractivity contribution < 1.29 is 140 Å². The van der Waals surface area contributed by atoms with Crippen molar-refractivity contribution in [3.63, 3.8) is 0 Å². The average molecular weight is 2070 g/mol. The summed E-state index contributed by atoms with van der Waals surface area (Å²) >= 11 is 0. The molecule has 0 aromatic heterocycles. The Kier molecular flexibility index (Phi) is 54.7. The molecule has 143 heavy (non-hydrogen) atoms. The first kappa shape index (κ1) is 120. The topological polar surface area (TPSA) is 285 Å². The van der Waals surface area contributed by atoms with Crippen molar-refractivity contribution in [2.24, 2.45) is 10.2 Å². The molecule has 798 valence electrons. The minimum absolute atomic E-state index is 0.311. The van der Waals surface area contributed by atoms with Crippen LogP contribution < -0.4 is 38.5 Å². The molecule has 6 aromatic carbocycles. The number of halogens is 12. The number of aryl methyl sites for hydroxylation is 3. The van der Waals surface area contributed by atoms with Gasteiger partial charge in [-0.1, -0.05) is 178 Å². The van der Waals surface area contributed by atoms with Gasteiger partial charge in [0.25, 0.3) is 0 Å². The number of fused-ring (bicyclic) bond motifs is 2. The van der Waals surface area contributed by atoms with E-state index >= 15 is 0 Å². The van der Waals surface area contributed by atoms with Gasteiger partial charge in [-0.15, -0.1) is 0 Å². The molecule has 40 heteroatoms. The number of azide groups is 2. The van der Waals surface area contributed by atoms with Crippen LogP contribution in [0.4, 0.5) is 50.4 Å². The number of nitrogens with one attached hydrogen (secondary N) is 1. The van der Waals surface area contributed by atoms with Crippen LogP contribution in [0, 0.1) is 6.92 Å². The van der Waals surface area contributed by atoms with Gasteiger partial charge >= 0.3 is 66.0 Å². The maximum atomic E-state index is 9.87. The van der Waals surface area contributed by atoms with Crippen molar-refractivity contribution in [3.05, 3.63) is 216 Å². The molecule has 2 atom stereocenters. The number of methoxy groups -OCH3 is 3. The number of hydrogen-bond donors (Lipinski definition) is 1. The summed E-state index contributed by atoms with van der Waals surface area (Å²) in [6, 6.07) is 42.0. The third-order valence-corrected chi connectivity index (χ3v) is 22.0. The van der Waals surface area contributed by atoms with E-state index in [1.165, 1.54) is 68.1 Å². The Labute approximate surface area is 831 Å². The second kappa shape index (κ2) is 65.0. The molecule has 2 aliphatic carbocycles. The first-order valence-corrected chi connectivity index (χ1v) is 53.0. The number of ether oxygens (including phenoxy) is 19. The SMILES string of the molecule is COc1cc(CCCc2ccc(-c3ccc(OCC4=C=C=C5OCCOCCOCCCCCCCCOCCOCCOC5C4)cc3)cc2)cc(C)c1OCCCCCCN=[N+]=[N-].COc1cc(CNCc2ccc(-c3ccc(OCC4=C=C=C5OCCOCCOCCCCCCCCOCCOCCOC5C4)cc3)cc2)cc(OC)c1OCCCCCCN=[N+]=[N-].F[P-](F)(F)(F)(F)F.F[P-](F)(F)(F)(F)F. The van der Waals surface area contributed by atoms with E-state index in [2.05, 4.69) is 140 Å². The van der Waals surface area contributed by atoms with Crippen LogP contribution in [0.1, 0.15) is 175 Å². The number of nitrogens with zero attached hydrogens (tertiary/aromatic N) is 6. The van der Waals surface area contributed by atoms with E-state index in [0.29, 0.717) is 200 Å². The maximum absolute atomic E-state index is 10.7. The molecule has 26 nitrogen and oxygen atoms in total. The molecule has 0 saturated carbocycles. The van der Waals surface area contributed by atoms with Crippen molar-refractivity contribution in [1.29, 1.82) is 0 Å². The second-order valence-electron chi connectivity index (χ2n) is 34.0. The van der Waals surface area contributed by atoms with E-state index in [-0.39, 0.29) is 12.2 Å². The van der Waals surface area contributed by atoms with E-state index < -0.39 is 15.6 Å². The quantitative estimate of drug-likeness (QED) is 0.00735. The second-order valence-corrected chi connectivity index (χ2v) is 37.8. The fraction of sp³-hybridized carbons (Fsp3) is 0.573. The molecule has 2 unspecified atom stereocenters. The molecular weight excluding hydrogens is 1930 g/mol. The zero-order valence-electron chi connectivity index (χ0n) is 82.5. The van der Waals surface area contributed by atoms with Gasteiger partial charge in [0.05, 0.1) is 127 Å². The minimum atomic E-state index is -10.7. The van der Waals surface area contributed by atoms with E-state index in [1.807, 2.05) is 36.4 Å². The molecule has 0 radical (unpaired) electrons. The fourth-order valence-electron chi connectivity index (χ4n) is 14.9. The third kappa shape index (κ3) is 59.5. The summed E-state index contributed by atoms with van der Waals surface area (Å²) in [5, 5.41) is 10.7. The Morgan fingerprint density at radius 3 is 1.04 bits per heavy atom. The van der Waals surface area contributed by atoms with Gasteiger partial charge in [0, 0.05) is 86.4 Å². The summed E-state index contributed by atoms with van der Waals surface area (Å²) < 4.78 is 231. The summed E-state index contributed by atoms with van der Waals surface area (Å²) in [4.78, 5) is 5.60. The zero-order chi connectivity index (χ0) is 103. The standard InChI is InChI=1S/C52H71N3O9.C51H70N4O10.2F6P/c1-42-38-44(39-51(56-2)52(42)63-29-12-8-5-9-26-54-55-53)15-13-14-43-16-19-46(20-17-43)47-21-23-48(24-22-47)64-41-45-18-25-49-50(40-45)62-37-35-60-33-31-58-28-11-7-4-3-6-10-27-57-30-32-59-34-36-61-49;1-56-49-36-43(37-50(57-2)51(49)64-26-12-8-5-9-23-54-55-52)39-53-38-41-13-16-44(17-14-41)45-18-20-46(21-19-45)65-40-42-15-22-47-48(35-42)63-34-32-61-30-28-59-25-11-7-4-3-6-10-24-58-27-29-60-31-33-62-47;2*1-7(2,3,4,5)6/h16-17,19-24,38-39,50H,3-15,26-37,40-41H2,1-2H3;13-14,16-21,36-37,48,53H,3-12,23-35,38-40H2,1-2H3;;/q;;2*-1. The van der Waals surface area contributed by atoms with Crippen LogP contribution in [0.15, 0.2) is 177 Å². The molecule has 6 aromatic rings. The van der Waals surface area contributed by atoms with E-state index in [9.17, 15) is 50.4 Å². The number of unbranched alkanes of at least 4 members (excludes halogenated alkanes) is 6. The summed E-state index contributed by atoms with van der Waals surface area (Å²) in [7, 11) is -16.3. The number of hydrogen-bond acceptors (Lipinski definition) is 22. The van der Waals surface area contributed by atoms with E-state index in [1.54, 1.807) is 21.3 Å². The van der Waals surface area contributed by atoms with Gasteiger partial charge in [0.1, 0.15) is 50.1 Å². The van der Waals surface area contributed by atoms with Crippen molar-refractivity contribution in [2.45, 2.75) is 193 Å². The summed E-state index contributed by atoms with van der Waals surface area (Å²) in [6.45, 7) is 17.5. The molecule has 0 bridgehead atoms. The molecular formula is C103H141F12N7O19P2-2. The molecule has 2 saturated heterocycles. The van der Waals surface area contributed by atoms with Crippen molar-refractivity contribution in [2.75, 3.05) is 193 Å². The molecule has 2 heterocycles. The normalized spacial score (nSPS) is 18.1. The Hall–Kier alpha value is -9.68. The molecule has 0 spiro atoms. The van der Waals surface area contributed by atoms with E-state index in [0.717, 1.165) is 190 Å². The third-order valence-electron chi connectivity index (χ3n) is 22.0. The van der Waals surface area contributed by atoms with Crippen LogP contribution in [0.25, 0.3) is 43.1 Å². The van der Waals surface area contributed by atoms with Gasteiger partial charge in [-0.05, 0) is 193 Å². The van der Waals surface area contributed by atoms with E-state index in [4.69, 9.17) is 101 Å². The molecule has 2 fully saturated rings. The Morgan fingerprint density at radius 1 is 0.343 bits per heavy atom. The predicted octanol–water partition coefficient (Wildman–Crippen LogP) is 28.1. The van der Waals surface area contributed by atoms with Gasteiger partial charge in [-0.25, -0.2) is 0 Å². The fourth-order valence-corrected chi connectivity index (χ4v) is 14.9. The van der Waals surface area contributed by atoms with Crippen LogP contribution in [0.2, 0.25) is 0 Å². The van der Waals surface area contributed by atoms with Crippen LogP contribution in [0.5, 0.6) is 40.2 Å². The molecule has 4 aliphatic rings. The summed E-state index contributed by atoms with van der Waals surface area (Å²) in [5.41, 5.74) is 41.9. The summed E-state index contributed by atoms with van der Waals surface area (Å²) in [6.07, 6.45) is 25.2. The Balaban J connectivity index is 0.000000342. The van der Waals surface area contributed by atoms with Gasteiger partial charge in [0.15, 0.2) is 34.5 Å². The Morgan fingerprint density at radius 2 is 0.657 bits per heavy atom. The number of rotatable bonds is 35. The van der Waals surface area contributed by atoms with Crippen LogP contribution in [-0.4, -0.2) is 205 Å². The molecule has 10 rings (SSSR count). The number of benzene rings is 6. The first-order chi connectivity index (χ1) is 68.7. The molecule has 2 aliphatic heterocycles. The summed E-state index contributed by atoms with van der Waals surface area (Å²) in [5.74, 6) is 6.26. The van der Waals surface area contributed by atoms with Crippen molar-refractivity contribution in [1.82, 2.24) is 5.32 Å². The first-order valence-electron chi connectivity index (χ1n) is 48.9. The van der Waals surface area contributed by atoms with Crippen molar-refractivity contribution >= 4 is 15.6 Å². The predicted molar refractivity (Wildman–Crippen MR) is 528 cm³/mol. The van der Waals surface area contributed by atoms with Crippen LogP contribution in [0.3, 0.4) is 0 Å². The van der Waals surface area contributed by atoms with Gasteiger partial charge in [-0.3, -0.25) is 0 Å².